The average molecular weight is 1610 g/mol. The number of halogens is 11. The number of pyridine rings is 2. The Bertz CT molecular complexity index is 5680. The summed E-state index contributed by atoms with van der Waals surface area (Å²) in [5, 5.41) is 25.0. The summed E-state index contributed by atoms with van der Waals surface area (Å²) in [4.78, 5) is 90.1. The Hall–Kier alpha value is -14.0. The van der Waals surface area contributed by atoms with Crippen molar-refractivity contribution in [3.05, 3.63) is 253 Å². The third kappa shape index (κ3) is 23.8. The number of nitrogens with zero attached hydrogens (tertiary/aromatic N) is 21. The van der Waals surface area contributed by atoms with Crippen LogP contribution in [0.5, 0.6) is 23.9 Å². The minimum Gasteiger partial charge on any atom is -0.454 e. The molecule has 13 heterocycles. The van der Waals surface area contributed by atoms with E-state index in [1.807, 2.05) is 12.1 Å². The van der Waals surface area contributed by atoms with E-state index in [-0.39, 0.29) is 60.1 Å². The van der Waals surface area contributed by atoms with E-state index in [0.29, 0.717) is 85.5 Å². The van der Waals surface area contributed by atoms with Gasteiger partial charge in [-0.2, -0.15) is 59.9 Å². The van der Waals surface area contributed by atoms with Gasteiger partial charge in [0.2, 0.25) is 18.2 Å². The van der Waals surface area contributed by atoms with Crippen LogP contribution >= 0.6 is 0 Å². The smallest absolute Gasteiger partial charge is 0.422 e. The molecule has 15 rings (SSSR count). The maximum Gasteiger partial charge on any atom is 0.422 e. The van der Waals surface area contributed by atoms with Gasteiger partial charge in [0.05, 0.1) is 47.3 Å². The average Bonchev–Trinajstić information content (AvgIpc) is 1.63. The summed E-state index contributed by atoms with van der Waals surface area (Å²) >= 11 is 0. The number of hydrogen-bond donors (Lipinski definition) is 0. The number of aromatic nitrogens is 20. The van der Waals surface area contributed by atoms with Crippen molar-refractivity contribution in [2.75, 3.05) is 31.3 Å². The molecule has 42 heteroatoms. The highest BCUT2D eigenvalue weighted by molar-refractivity contribution is 5.59. The summed E-state index contributed by atoms with van der Waals surface area (Å²) in [7, 11) is 0. The molecule has 13 aromatic rings. The fourth-order valence-electron chi connectivity index (χ4n) is 10.7. The molecule has 1 saturated carbocycles. The molecule has 1 aliphatic heterocycles. The summed E-state index contributed by atoms with van der Waals surface area (Å²) < 4.78 is 169. The molecule has 2 fully saturated rings. The molecule has 12 aromatic heterocycles. The SMILES string of the molecule is CC(F)Oc1ccc(Cn2nc(-c3cnc(OCC(F)(F)F)nc3)ccc2=O)cn1.CC1CCCN1c1ncc(-c2ccc(=O)n(Cc3cccc(F)c3)n2)cn1.O=c1ccc(-c2cnc(OCC(F)(F)F)nc2)nn1Cc1cc(-c2ccccn2)no1.O=c1ccc(-c2cnc(OCC(F)(F)F)nc2)nn1Cc1cc(C2CC2)no1. The van der Waals surface area contributed by atoms with Crippen molar-refractivity contribution in [2.45, 2.75) is 103 Å². The normalized spacial score (nSPS) is 13.6. The molecule has 0 bridgehead atoms. The first-order chi connectivity index (χ1) is 55.5. The Balaban J connectivity index is 0.000000143. The fraction of sp³-hybridized carbons (Fsp3) is 0.270. The van der Waals surface area contributed by atoms with Gasteiger partial charge in [0.1, 0.15) is 24.6 Å². The standard InChI is InChI=1S/C20H20FN5O.C19H13F3N6O3.C18H15F4N5O3.C17H14F3N5O3/c1-14-4-3-9-25(14)20-22-11-16(12-23-20)18-7-8-19(27)26(24-18)13-15-5-2-6-17(21)10-15;20-19(21,22)11-30-18-24-8-12(9-25-18)14-4-5-17(29)28(26-14)10-13-7-16(27-31-13)15-3-1-2-6-23-15;1-11(19)30-15-4-2-12(6-23-15)9-27-16(28)5-3-14(26-27)13-7-24-17(25-8-13)29-10-18(20,21)22;18-17(19,20)9-27-16-21-6-11(7-22-16)13-3-4-15(26)25(23-13)8-12-5-14(24-28-12)10-1-2-10/h2,5-8,10-12,14H,3-4,9,13H2,1H3;1-9H,10-11H2;2-8,11H,9-10H2,1H3;3-7,10H,1-2,8-9H2. The lowest BCUT2D eigenvalue weighted by atomic mass is 10.2. The van der Waals surface area contributed by atoms with Crippen LogP contribution in [0.2, 0.25) is 0 Å². The molecule has 2 unspecified atom stereocenters. The fourth-order valence-corrected chi connectivity index (χ4v) is 10.7. The van der Waals surface area contributed by atoms with Crippen molar-refractivity contribution in [1.82, 2.24) is 99.3 Å². The van der Waals surface area contributed by atoms with Gasteiger partial charge >= 0.3 is 36.6 Å². The third-order valence-corrected chi connectivity index (χ3v) is 16.4. The molecular formula is C74H62F11N21O10. The monoisotopic (exact) mass is 1610 g/mol. The number of alkyl halides is 10. The second-order valence-corrected chi connectivity index (χ2v) is 25.5. The predicted octanol–water partition coefficient (Wildman–Crippen LogP) is 11.0. The molecule has 31 nitrogen and oxygen atoms in total. The highest BCUT2D eigenvalue weighted by Gasteiger charge is 2.32. The Morgan fingerprint density at radius 3 is 1.30 bits per heavy atom. The molecule has 1 aliphatic carbocycles. The van der Waals surface area contributed by atoms with Gasteiger partial charge in [-0.3, -0.25) is 24.2 Å². The highest BCUT2D eigenvalue weighted by Crippen LogP contribution is 2.39. The van der Waals surface area contributed by atoms with E-state index in [0.717, 1.165) is 54.1 Å². The van der Waals surface area contributed by atoms with Crippen LogP contribution in [0.25, 0.3) is 56.4 Å². The highest BCUT2D eigenvalue weighted by atomic mass is 19.4. The van der Waals surface area contributed by atoms with Crippen molar-refractivity contribution in [3.8, 4) is 80.3 Å². The molecule has 0 N–H and O–H groups in total. The minimum absolute atomic E-state index is 0.0140. The molecule has 1 aromatic carbocycles. The van der Waals surface area contributed by atoms with E-state index in [2.05, 4.69) is 107 Å². The number of benzene rings is 1. The van der Waals surface area contributed by atoms with Gasteiger partial charge in [0.15, 0.2) is 31.3 Å². The first kappa shape index (κ1) is 81.5. The van der Waals surface area contributed by atoms with Gasteiger partial charge in [-0.1, -0.05) is 34.6 Å². The van der Waals surface area contributed by atoms with Gasteiger partial charge in [-0.15, -0.1) is 0 Å². The molecule has 1 saturated heterocycles. The Labute approximate surface area is 646 Å². The summed E-state index contributed by atoms with van der Waals surface area (Å²) in [5.41, 5.74) is 5.53. The zero-order valence-electron chi connectivity index (χ0n) is 60.6. The van der Waals surface area contributed by atoms with Gasteiger partial charge in [-0.05, 0) is 92.3 Å². The third-order valence-electron chi connectivity index (χ3n) is 16.4. The predicted molar refractivity (Wildman–Crippen MR) is 385 cm³/mol. The van der Waals surface area contributed by atoms with Crippen molar-refractivity contribution in [3.63, 3.8) is 0 Å². The van der Waals surface area contributed by atoms with Gasteiger partial charge in [-0.25, -0.2) is 72.4 Å². The molecule has 0 amide bonds. The van der Waals surface area contributed by atoms with Gasteiger partial charge in [0, 0.05) is 152 Å². The molecule has 0 radical (unpaired) electrons. The quantitative estimate of drug-likeness (QED) is 0.0537. The lowest BCUT2D eigenvalue weighted by Crippen LogP contribution is -2.28. The first-order valence-corrected chi connectivity index (χ1v) is 34.8. The van der Waals surface area contributed by atoms with Crippen LogP contribution in [0, 0.1) is 5.82 Å². The van der Waals surface area contributed by atoms with E-state index in [9.17, 15) is 67.5 Å². The zero-order valence-corrected chi connectivity index (χ0v) is 60.6. The maximum atomic E-state index is 13.4. The number of hydrogen-bond acceptors (Lipinski definition) is 27. The van der Waals surface area contributed by atoms with E-state index in [4.69, 9.17) is 13.8 Å². The van der Waals surface area contributed by atoms with Crippen LogP contribution in [0.3, 0.4) is 0 Å². The van der Waals surface area contributed by atoms with Crippen molar-refractivity contribution < 1.29 is 76.3 Å². The summed E-state index contributed by atoms with van der Waals surface area (Å²) in [6.07, 6.45) is 3.55. The number of ether oxygens (including phenoxy) is 4. The van der Waals surface area contributed by atoms with E-state index in [1.54, 1.807) is 61.1 Å². The second kappa shape index (κ2) is 36.7. The van der Waals surface area contributed by atoms with Crippen LogP contribution in [-0.2, 0) is 26.2 Å². The second-order valence-electron chi connectivity index (χ2n) is 25.5. The van der Waals surface area contributed by atoms with E-state index in [1.165, 1.54) is 125 Å². The number of anilines is 1. The molecular weight excluding hydrogens is 1550 g/mol. The van der Waals surface area contributed by atoms with Gasteiger partial charge in [0.25, 0.3) is 22.2 Å². The molecule has 2 atom stereocenters. The Kier molecular flexibility index (Phi) is 25.8. The van der Waals surface area contributed by atoms with Crippen molar-refractivity contribution in [1.29, 1.82) is 0 Å². The summed E-state index contributed by atoms with van der Waals surface area (Å²) in [6, 6.07) is 28.6. The lowest BCUT2D eigenvalue weighted by molar-refractivity contribution is -0.155. The van der Waals surface area contributed by atoms with E-state index < -0.39 is 62.7 Å². The van der Waals surface area contributed by atoms with Crippen LogP contribution < -0.4 is 46.1 Å². The maximum absolute atomic E-state index is 13.4. The molecule has 116 heavy (non-hydrogen) atoms. The Morgan fingerprint density at radius 2 is 0.897 bits per heavy atom. The van der Waals surface area contributed by atoms with Crippen molar-refractivity contribution in [2.24, 2.45) is 0 Å². The molecule has 600 valence electrons. The lowest BCUT2D eigenvalue weighted by Gasteiger charge is -2.20. The minimum atomic E-state index is -4.50. The molecule has 2 aliphatic rings. The van der Waals surface area contributed by atoms with Crippen LogP contribution in [-0.4, -0.2) is 157 Å². The van der Waals surface area contributed by atoms with Gasteiger partial charge < -0.3 is 32.9 Å². The van der Waals surface area contributed by atoms with Crippen LogP contribution in [0.15, 0.2) is 205 Å². The van der Waals surface area contributed by atoms with Crippen molar-refractivity contribution >= 4 is 5.95 Å². The van der Waals surface area contributed by atoms with Crippen LogP contribution in [0.4, 0.5) is 54.2 Å². The summed E-state index contributed by atoms with van der Waals surface area (Å²) in [5.74, 6) is 1.82. The zero-order chi connectivity index (χ0) is 82.1. The largest absolute Gasteiger partial charge is 0.454 e. The topological polar surface area (TPSA) is 361 Å². The Morgan fingerprint density at radius 1 is 0.448 bits per heavy atom. The first-order valence-electron chi connectivity index (χ1n) is 34.8. The van der Waals surface area contributed by atoms with Crippen LogP contribution in [0.1, 0.15) is 73.8 Å². The molecule has 0 spiro atoms. The van der Waals surface area contributed by atoms with E-state index >= 15 is 0 Å². The number of rotatable bonds is 23. The summed E-state index contributed by atoms with van der Waals surface area (Å²) in [6.45, 7) is 0.308.